The molecule has 2 aromatic carbocycles. The van der Waals surface area contributed by atoms with E-state index in [2.05, 4.69) is 20.3 Å². The first kappa shape index (κ1) is 22.7. The van der Waals surface area contributed by atoms with Crippen molar-refractivity contribution in [2.24, 2.45) is 5.73 Å². The van der Waals surface area contributed by atoms with Crippen LogP contribution in [0.1, 0.15) is 12.8 Å². The number of fused-ring (bicyclic) bond motifs is 1. The molecule has 1 saturated heterocycles. The maximum Gasteiger partial charge on any atom is 0.240 e. The molecule has 0 saturated carbocycles. The summed E-state index contributed by atoms with van der Waals surface area (Å²) in [7, 11) is -3.45. The topological polar surface area (TPSA) is 131 Å². The van der Waals surface area contributed by atoms with Crippen molar-refractivity contribution in [1.82, 2.24) is 15.0 Å². The Morgan fingerprint density at radius 2 is 1.86 bits per heavy atom. The first-order valence-corrected chi connectivity index (χ1v) is 13.0. The third-order valence-electron chi connectivity index (χ3n) is 6.12. The largest absolute Gasteiger partial charge is 0.368 e. The highest BCUT2D eigenvalue weighted by Gasteiger charge is 2.29. The molecule has 0 bridgehead atoms. The Bertz CT molecular complexity index is 1520. The zero-order valence-electron chi connectivity index (χ0n) is 19.0. The molecule has 9 nitrogen and oxygen atoms in total. The zero-order chi connectivity index (χ0) is 24.6. The summed E-state index contributed by atoms with van der Waals surface area (Å²) in [4.78, 5) is 27.1. The van der Waals surface area contributed by atoms with E-state index in [0.29, 0.717) is 16.9 Å². The predicted octanol–water partition coefficient (Wildman–Crippen LogP) is 3.29. The summed E-state index contributed by atoms with van der Waals surface area (Å²) in [6.45, 7) is 0.786. The first-order chi connectivity index (χ1) is 16.8. The summed E-state index contributed by atoms with van der Waals surface area (Å²) < 4.78 is 24.5. The lowest BCUT2D eigenvalue weighted by atomic mass is 10.0. The van der Waals surface area contributed by atoms with Crippen molar-refractivity contribution < 1.29 is 13.2 Å². The lowest BCUT2D eigenvalue weighted by molar-refractivity contribution is -0.119. The maximum absolute atomic E-state index is 12.2. The van der Waals surface area contributed by atoms with E-state index in [-0.39, 0.29) is 16.8 Å². The van der Waals surface area contributed by atoms with Crippen molar-refractivity contribution in [3.63, 3.8) is 0 Å². The SMILES string of the molecule is CS(=O)(=O)c1ccncc1Nc1cc(-c2ccc(N3CCCC3C(N)=O)cc2)c2nccnc2c1. The van der Waals surface area contributed by atoms with Crippen LogP contribution in [0.2, 0.25) is 0 Å². The third kappa shape index (κ3) is 4.52. The van der Waals surface area contributed by atoms with Crippen LogP contribution in [0.15, 0.2) is 72.1 Å². The van der Waals surface area contributed by atoms with Crippen LogP contribution in [-0.2, 0) is 14.6 Å². The van der Waals surface area contributed by atoms with Gasteiger partial charge in [0.2, 0.25) is 5.91 Å². The molecule has 3 N–H and O–H groups in total. The lowest BCUT2D eigenvalue weighted by Crippen LogP contribution is -2.40. The van der Waals surface area contributed by atoms with Gasteiger partial charge in [-0.2, -0.15) is 0 Å². The van der Waals surface area contributed by atoms with Gasteiger partial charge in [-0.05, 0) is 48.7 Å². The van der Waals surface area contributed by atoms with Crippen molar-refractivity contribution in [2.75, 3.05) is 23.0 Å². The molecule has 4 aromatic rings. The smallest absolute Gasteiger partial charge is 0.240 e. The van der Waals surface area contributed by atoms with Crippen molar-refractivity contribution >= 4 is 43.8 Å². The van der Waals surface area contributed by atoms with Crippen LogP contribution < -0.4 is 16.0 Å². The molecule has 178 valence electrons. The highest BCUT2D eigenvalue weighted by Crippen LogP contribution is 2.34. The number of nitrogens with one attached hydrogen (secondary N) is 1. The fourth-order valence-electron chi connectivity index (χ4n) is 4.53. The average molecular weight is 489 g/mol. The van der Waals surface area contributed by atoms with Gasteiger partial charge < -0.3 is 16.0 Å². The van der Waals surface area contributed by atoms with E-state index >= 15 is 0 Å². The minimum absolute atomic E-state index is 0.160. The zero-order valence-corrected chi connectivity index (χ0v) is 19.9. The molecular formula is C25H24N6O3S. The summed E-state index contributed by atoms with van der Waals surface area (Å²) in [5.74, 6) is -0.310. The van der Waals surface area contributed by atoms with E-state index in [4.69, 9.17) is 5.73 Å². The number of carbonyl (C=O) groups is 1. The minimum atomic E-state index is -3.45. The van der Waals surface area contributed by atoms with Crippen LogP contribution in [0, 0.1) is 0 Å². The van der Waals surface area contributed by atoms with Gasteiger partial charge in [-0.15, -0.1) is 0 Å². The summed E-state index contributed by atoms with van der Waals surface area (Å²) in [5, 5.41) is 3.19. The number of hydrogen-bond donors (Lipinski definition) is 2. The van der Waals surface area contributed by atoms with Crippen LogP contribution in [0.3, 0.4) is 0 Å². The molecule has 0 radical (unpaired) electrons. The second kappa shape index (κ2) is 8.95. The van der Waals surface area contributed by atoms with E-state index in [9.17, 15) is 13.2 Å². The normalized spacial score (nSPS) is 15.9. The Balaban J connectivity index is 1.55. The molecular weight excluding hydrogens is 464 g/mol. The molecule has 1 amide bonds. The van der Waals surface area contributed by atoms with Gasteiger partial charge in [0.25, 0.3) is 0 Å². The number of aromatic nitrogens is 3. The van der Waals surface area contributed by atoms with E-state index < -0.39 is 9.84 Å². The number of hydrogen-bond acceptors (Lipinski definition) is 8. The van der Waals surface area contributed by atoms with Crippen molar-refractivity contribution in [3.05, 3.63) is 67.3 Å². The second-order valence-electron chi connectivity index (χ2n) is 8.52. The van der Waals surface area contributed by atoms with Gasteiger partial charge in [-0.3, -0.25) is 19.7 Å². The lowest BCUT2D eigenvalue weighted by Gasteiger charge is -2.24. The van der Waals surface area contributed by atoms with Gasteiger partial charge in [0.15, 0.2) is 9.84 Å². The number of sulfone groups is 1. The van der Waals surface area contributed by atoms with Gasteiger partial charge in [0.05, 0.1) is 27.8 Å². The van der Waals surface area contributed by atoms with Crippen molar-refractivity contribution in [3.8, 4) is 11.1 Å². The number of benzene rings is 2. The highest BCUT2D eigenvalue weighted by atomic mass is 32.2. The first-order valence-electron chi connectivity index (χ1n) is 11.1. The van der Waals surface area contributed by atoms with Crippen LogP contribution in [0.5, 0.6) is 0 Å². The molecule has 5 rings (SSSR count). The Hall–Kier alpha value is -4.05. The number of carbonyl (C=O) groups excluding carboxylic acids is 1. The second-order valence-corrected chi connectivity index (χ2v) is 10.5. The van der Waals surface area contributed by atoms with Crippen LogP contribution in [-0.4, -0.2) is 48.1 Å². The number of nitrogens with zero attached hydrogens (tertiary/aromatic N) is 4. The van der Waals surface area contributed by atoms with Gasteiger partial charge >= 0.3 is 0 Å². The van der Waals surface area contributed by atoms with E-state index in [1.54, 1.807) is 12.4 Å². The number of pyridine rings is 1. The Morgan fingerprint density at radius 3 is 2.60 bits per heavy atom. The summed E-state index contributed by atoms with van der Waals surface area (Å²) in [6, 6.07) is 12.8. The van der Waals surface area contributed by atoms with Crippen molar-refractivity contribution in [1.29, 1.82) is 0 Å². The minimum Gasteiger partial charge on any atom is -0.368 e. The van der Waals surface area contributed by atoms with Crippen LogP contribution in [0.25, 0.3) is 22.2 Å². The fourth-order valence-corrected chi connectivity index (χ4v) is 5.34. The molecule has 0 aliphatic carbocycles. The molecule has 3 heterocycles. The predicted molar refractivity (Wildman–Crippen MR) is 135 cm³/mol. The van der Waals surface area contributed by atoms with Crippen LogP contribution in [0.4, 0.5) is 17.1 Å². The summed E-state index contributed by atoms with van der Waals surface area (Å²) in [5.41, 5.74) is 10.7. The molecule has 1 aliphatic heterocycles. The number of anilines is 3. The standard InChI is InChI=1S/C25H24N6O3S/c1-35(33,34)23-8-9-27-15-21(23)30-17-13-19(24-20(14-17)28-10-11-29-24)16-4-6-18(7-5-16)31-12-2-3-22(31)25(26)32/h4-11,13-15,22,30H,2-3,12H2,1H3,(H2,26,32). The molecule has 0 spiro atoms. The van der Waals surface area contributed by atoms with Gasteiger partial charge in [0, 0.05) is 48.3 Å². The van der Waals surface area contributed by atoms with Crippen LogP contribution >= 0.6 is 0 Å². The Kier molecular flexibility index (Phi) is 5.81. The fraction of sp³-hybridized carbons (Fsp3) is 0.200. The Morgan fingerprint density at radius 1 is 1.09 bits per heavy atom. The monoisotopic (exact) mass is 488 g/mol. The molecule has 2 aromatic heterocycles. The Labute approximate surface area is 203 Å². The van der Waals surface area contributed by atoms with E-state index in [1.165, 1.54) is 18.5 Å². The summed E-state index contributed by atoms with van der Waals surface area (Å²) >= 11 is 0. The molecule has 10 heteroatoms. The molecule has 1 fully saturated rings. The summed E-state index contributed by atoms with van der Waals surface area (Å²) in [6.07, 6.45) is 9.03. The number of nitrogens with two attached hydrogens (primary N) is 1. The third-order valence-corrected chi connectivity index (χ3v) is 7.28. The highest BCUT2D eigenvalue weighted by molar-refractivity contribution is 7.90. The number of amides is 1. The van der Waals surface area contributed by atoms with Gasteiger partial charge in [-0.25, -0.2) is 8.42 Å². The molecule has 1 unspecified atom stereocenters. The van der Waals surface area contributed by atoms with Gasteiger partial charge in [0.1, 0.15) is 6.04 Å². The molecule has 35 heavy (non-hydrogen) atoms. The molecule has 1 aliphatic rings. The average Bonchev–Trinajstić information content (AvgIpc) is 3.34. The maximum atomic E-state index is 12.2. The number of rotatable bonds is 6. The quantitative estimate of drug-likeness (QED) is 0.423. The van der Waals surface area contributed by atoms with Gasteiger partial charge in [-0.1, -0.05) is 12.1 Å². The number of primary amides is 1. The van der Waals surface area contributed by atoms with Crippen molar-refractivity contribution in [2.45, 2.75) is 23.8 Å². The van der Waals surface area contributed by atoms with E-state index in [0.717, 1.165) is 48.0 Å². The van der Waals surface area contributed by atoms with E-state index in [1.807, 2.05) is 41.3 Å². The molecule has 1 atom stereocenters.